The fourth-order valence-electron chi connectivity index (χ4n) is 4.62. The SMILES string of the molecule is COC(=O)C1=C(C)N=C2SC=C(CC(=O)NC3CCCCC3)N2C1c1ccccc1OC. The van der Waals surface area contributed by atoms with Crippen LogP contribution in [0.3, 0.4) is 0 Å². The largest absolute Gasteiger partial charge is 0.496 e. The summed E-state index contributed by atoms with van der Waals surface area (Å²) in [5.74, 6) is 0.217. The molecule has 4 rings (SSSR count). The molecule has 1 amide bonds. The zero-order valence-corrected chi connectivity index (χ0v) is 19.5. The predicted molar refractivity (Wildman–Crippen MR) is 125 cm³/mol. The topological polar surface area (TPSA) is 80.2 Å². The molecule has 1 aromatic carbocycles. The van der Waals surface area contributed by atoms with E-state index >= 15 is 0 Å². The number of amides is 1. The maximum atomic E-state index is 12.9. The second-order valence-electron chi connectivity index (χ2n) is 8.21. The molecule has 1 fully saturated rings. The van der Waals surface area contributed by atoms with Crippen molar-refractivity contribution in [2.75, 3.05) is 14.2 Å². The molecule has 1 saturated carbocycles. The number of hydrogen-bond acceptors (Lipinski definition) is 7. The van der Waals surface area contributed by atoms with E-state index in [0.717, 1.165) is 42.1 Å². The van der Waals surface area contributed by atoms with E-state index < -0.39 is 12.0 Å². The summed E-state index contributed by atoms with van der Waals surface area (Å²) < 4.78 is 10.7. The van der Waals surface area contributed by atoms with Crippen molar-refractivity contribution in [2.24, 2.45) is 4.99 Å². The molecule has 0 radical (unpaired) electrons. The van der Waals surface area contributed by atoms with Crippen LogP contribution < -0.4 is 10.1 Å². The van der Waals surface area contributed by atoms with Crippen molar-refractivity contribution in [1.29, 1.82) is 0 Å². The molecule has 0 aromatic heterocycles. The van der Waals surface area contributed by atoms with Crippen LogP contribution >= 0.6 is 11.8 Å². The highest BCUT2D eigenvalue weighted by Crippen LogP contribution is 2.46. The number of nitrogens with one attached hydrogen (secondary N) is 1. The number of rotatable bonds is 6. The summed E-state index contributed by atoms with van der Waals surface area (Å²) in [6.07, 6.45) is 5.86. The molecule has 32 heavy (non-hydrogen) atoms. The summed E-state index contributed by atoms with van der Waals surface area (Å²) in [6, 6.07) is 7.36. The van der Waals surface area contributed by atoms with Gasteiger partial charge in [-0.25, -0.2) is 9.79 Å². The Morgan fingerprint density at radius 3 is 2.66 bits per heavy atom. The number of ether oxygens (including phenoxy) is 2. The molecule has 2 aliphatic heterocycles. The third-order valence-electron chi connectivity index (χ3n) is 6.15. The second kappa shape index (κ2) is 9.81. The van der Waals surface area contributed by atoms with Gasteiger partial charge in [-0.2, -0.15) is 0 Å². The van der Waals surface area contributed by atoms with Crippen LogP contribution in [0.5, 0.6) is 5.75 Å². The van der Waals surface area contributed by atoms with Crippen molar-refractivity contribution in [3.05, 3.63) is 52.2 Å². The van der Waals surface area contributed by atoms with Crippen LogP contribution in [0.4, 0.5) is 0 Å². The molecule has 3 aliphatic rings. The summed E-state index contributed by atoms with van der Waals surface area (Å²) in [4.78, 5) is 32.3. The second-order valence-corrected chi connectivity index (χ2v) is 9.04. The number of methoxy groups -OCH3 is 2. The van der Waals surface area contributed by atoms with Gasteiger partial charge in [0.05, 0.1) is 38.0 Å². The molecule has 0 saturated heterocycles. The van der Waals surface area contributed by atoms with E-state index in [4.69, 9.17) is 9.47 Å². The van der Waals surface area contributed by atoms with Gasteiger partial charge < -0.3 is 19.7 Å². The standard InChI is InChI=1S/C24H29N3O4S/c1-15-21(23(29)31-3)22(18-11-7-8-12-19(18)30-2)27-17(14-32-24(27)25-15)13-20(28)26-16-9-5-4-6-10-16/h7-8,11-12,14,16,22H,4-6,9-10,13H2,1-3H3,(H,26,28). The molecule has 1 aliphatic carbocycles. The van der Waals surface area contributed by atoms with Crippen molar-refractivity contribution in [3.63, 3.8) is 0 Å². The Morgan fingerprint density at radius 1 is 1.19 bits per heavy atom. The van der Waals surface area contributed by atoms with Gasteiger partial charge in [-0.3, -0.25) is 4.79 Å². The predicted octanol–water partition coefficient (Wildman–Crippen LogP) is 4.28. The normalized spacial score (nSPS) is 21.0. The molecule has 1 N–H and O–H groups in total. The number of allylic oxidation sites excluding steroid dienone is 1. The van der Waals surface area contributed by atoms with Gasteiger partial charge in [0.1, 0.15) is 5.75 Å². The van der Waals surface area contributed by atoms with E-state index in [0.29, 0.717) is 17.0 Å². The summed E-state index contributed by atoms with van der Waals surface area (Å²) in [7, 11) is 2.98. The van der Waals surface area contributed by atoms with E-state index in [2.05, 4.69) is 10.3 Å². The van der Waals surface area contributed by atoms with Crippen LogP contribution in [-0.4, -0.2) is 42.2 Å². The monoisotopic (exact) mass is 455 g/mol. The van der Waals surface area contributed by atoms with E-state index in [1.807, 2.05) is 41.5 Å². The highest BCUT2D eigenvalue weighted by molar-refractivity contribution is 8.16. The molecule has 170 valence electrons. The van der Waals surface area contributed by atoms with E-state index in [9.17, 15) is 9.59 Å². The van der Waals surface area contributed by atoms with E-state index in [1.165, 1.54) is 25.3 Å². The maximum absolute atomic E-state index is 12.9. The number of esters is 1. The van der Waals surface area contributed by atoms with Crippen LogP contribution in [0.2, 0.25) is 0 Å². The molecule has 0 bridgehead atoms. The lowest BCUT2D eigenvalue weighted by molar-refractivity contribution is -0.136. The number of fused-ring (bicyclic) bond motifs is 1. The highest BCUT2D eigenvalue weighted by atomic mass is 32.2. The minimum absolute atomic E-state index is 0.00494. The van der Waals surface area contributed by atoms with E-state index in [-0.39, 0.29) is 18.4 Å². The number of thioether (sulfide) groups is 1. The minimum Gasteiger partial charge on any atom is -0.496 e. The fraction of sp³-hybridized carbons (Fsp3) is 0.458. The lowest BCUT2D eigenvalue weighted by Crippen LogP contribution is -2.40. The summed E-state index contributed by atoms with van der Waals surface area (Å²) >= 11 is 1.47. The van der Waals surface area contributed by atoms with Gasteiger partial charge in [-0.1, -0.05) is 49.2 Å². The van der Waals surface area contributed by atoms with Crippen molar-refractivity contribution in [1.82, 2.24) is 10.2 Å². The maximum Gasteiger partial charge on any atom is 0.338 e. The molecule has 0 spiro atoms. The minimum atomic E-state index is -0.491. The van der Waals surface area contributed by atoms with Crippen LogP contribution in [0.25, 0.3) is 0 Å². The van der Waals surface area contributed by atoms with Gasteiger partial charge >= 0.3 is 5.97 Å². The average molecular weight is 456 g/mol. The number of aliphatic imine (C=N–C) groups is 1. The molecular weight excluding hydrogens is 426 g/mol. The highest BCUT2D eigenvalue weighted by Gasteiger charge is 2.42. The van der Waals surface area contributed by atoms with Gasteiger partial charge in [0.15, 0.2) is 5.17 Å². The first-order valence-electron chi connectivity index (χ1n) is 11.0. The average Bonchev–Trinajstić information content (AvgIpc) is 3.20. The Balaban J connectivity index is 1.66. The molecule has 7 nitrogen and oxygen atoms in total. The van der Waals surface area contributed by atoms with E-state index in [1.54, 1.807) is 7.11 Å². The number of carbonyl (C=O) groups is 2. The third kappa shape index (κ3) is 4.41. The van der Waals surface area contributed by atoms with Crippen LogP contribution in [0.15, 0.2) is 51.6 Å². The lowest BCUT2D eigenvalue weighted by atomic mass is 9.93. The molecule has 1 unspecified atom stereocenters. The van der Waals surface area contributed by atoms with Crippen molar-refractivity contribution >= 4 is 28.8 Å². The van der Waals surface area contributed by atoms with Gasteiger partial charge in [-0.15, -0.1) is 0 Å². The molecular formula is C24H29N3O4S. The Labute approximate surface area is 192 Å². The Hall–Kier alpha value is -2.74. The quantitative estimate of drug-likeness (QED) is 0.645. The summed E-state index contributed by atoms with van der Waals surface area (Å²) in [6.45, 7) is 1.81. The van der Waals surface area contributed by atoms with Gasteiger partial charge in [0.25, 0.3) is 0 Å². The zero-order valence-electron chi connectivity index (χ0n) is 18.7. The van der Waals surface area contributed by atoms with Gasteiger partial charge in [0.2, 0.25) is 5.91 Å². The first kappa shape index (κ1) is 22.5. The number of amidine groups is 1. The van der Waals surface area contributed by atoms with Crippen LogP contribution in [0, 0.1) is 0 Å². The molecule has 1 atom stereocenters. The van der Waals surface area contributed by atoms with Crippen molar-refractivity contribution in [2.45, 2.75) is 57.5 Å². The molecule has 1 aromatic rings. The fourth-order valence-corrected chi connectivity index (χ4v) is 5.58. The Bertz CT molecular complexity index is 995. The smallest absolute Gasteiger partial charge is 0.338 e. The Kier molecular flexibility index (Phi) is 6.89. The number of nitrogens with zero attached hydrogens (tertiary/aromatic N) is 2. The summed E-state index contributed by atoms with van der Waals surface area (Å²) in [5, 5.41) is 5.88. The number of carbonyl (C=O) groups excluding carboxylic acids is 2. The van der Waals surface area contributed by atoms with Crippen LogP contribution in [0.1, 0.15) is 57.1 Å². The zero-order chi connectivity index (χ0) is 22.7. The third-order valence-corrected chi connectivity index (χ3v) is 7.04. The lowest BCUT2D eigenvalue weighted by Gasteiger charge is -2.36. The molecule has 8 heteroatoms. The van der Waals surface area contributed by atoms with Gasteiger partial charge in [-0.05, 0) is 31.2 Å². The number of para-hydroxylation sites is 1. The number of hydrogen-bond donors (Lipinski definition) is 1. The van der Waals surface area contributed by atoms with Crippen molar-refractivity contribution in [3.8, 4) is 5.75 Å². The van der Waals surface area contributed by atoms with Crippen molar-refractivity contribution < 1.29 is 19.1 Å². The Morgan fingerprint density at radius 2 is 1.94 bits per heavy atom. The van der Waals surface area contributed by atoms with Gasteiger partial charge in [0, 0.05) is 17.3 Å². The molecule has 2 heterocycles. The first-order chi connectivity index (χ1) is 15.5. The van der Waals surface area contributed by atoms with Crippen LogP contribution in [-0.2, 0) is 14.3 Å². The summed E-state index contributed by atoms with van der Waals surface area (Å²) in [5.41, 5.74) is 2.68. The first-order valence-corrected chi connectivity index (χ1v) is 11.9. The number of benzene rings is 1.